The Morgan fingerprint density at radius 2 is 1.96 bits per heavy atom. The molecule has 1 aromatic rings. The summed E-state index contributed by atoms with van der Waals surface area (Å²) in [6.07, 6.45) is 0.886. The summed E-state index contributed by atoms with van der Waals surface area (Å²) >= 11 is 0. The van der Waals surface area contributed by atoms with Crippen LogP contribution in [0.1, 0.15) is 6.42 Å². The topological polar surface area (TPSA) is 118 Å². The maximum Gasteiger partial charge on any atom is 0.182 e. The Kier molecular flexibility index (Phi) is 7.27. The third-order valence-corrected chi connectivity index (χ3v) is 5.42. The molecular weight excluding hydrogens is 316 g/mol. The van der Waals surface area contributed by atoms with Crippen molar-refractivity contribution in [3.8, 4) is 0 Å². The Morgan fingerprint density at radius 1 is 1.26 bits per heavy atom. The third-order valence-electron chi connectivity index (χ3n) is 3.69. The van der Waals surface area contributed by atoms with Gasteiger partial charge in [-0.3, -0.25) is 0 Å². The van der Waals surface area contributed by atoms with Crippen molar-refractivity contribution in [3.05, 3.63) is 18.2 Å². The summed E-state index contributed by atoms with van der Waals surface area (Å²) < 4.78 is 25.2. The number of nitrogens with one attached hydrogen (secondary N) is 1. The van der Waals surface area contributed by atoms with E-state index in [4.69, 9.17) is 16.6 Å². The number of quaternary nitrogens is 1. The van der Waals surface area contributed by atoms with Gasteiger partial charge in [0.1, 0.15) is 0 Å². The predicted molar refractivity (Wildman–Crippen MR) is 94.0 cm³/mol. The molecular formula is C15H29N4O3S+. The maximum absolute atomic E-state index is 12.2. The molecule has 0 saturated carbocycles. The molecule has 0 aromatic heterocycles. The first kappa shape index (κ1) is 19.7. The molecule has 6 N–H and O–H groups in total. The molecule has 8 heteroatoms. The Labute approximate surface area is 138 Å². The van der Waals surface area contributed by atoms with E-state index in [1.165, 1.54) is 6.07 Å². The molecule has 0 fully saturated rings. The molecule has 0 aliphatic heterocycles. The summed E-state index contributed by atoms with van der Waals surface area (Å²) in [5, 5.41) is 12.1. The van der Waals surface area contributed by atoms with Crippen LogP contribution in [0.15, 0.2) is 23.1 Å². The van der Waals surface area contributed by atoms with Gasteiger partial charge in [-0.15, -0.1) is 0 Å². The summed E-state index contributed by atoms with van der Waals surface area (Å²) in [6, 6.07) is 4.76. The SMILES string of the molecule is C[N+](C)(CCN)CCCNc1ccc(N)cc1S(=O)(=O)CCO. The van der Waals surface area contributed by atoms with Crippen LogP contribution < -0.4 is 16.8 Å². The molecule has 0 radical (unpaired) electrons. The Hall–Kier alpha value is -1.35. The zero-order chi connectivity index (χ0) is 17.5. The van der Waals surface area contributed by atoms with Crippen molar-refractivity contribution in [1.29, 1.82) is 0 Å². The fraction of sp³-hybridized carbons (Fsp3) is 0.600. The Morgan fingerprint density at radius 3 is 2.57 bits per heavy atom. The number of aliphatic hydroxyl groups excluding tert-OH is 1. The van der Waals surface area contributed by atoms with E-state index in [9.17, 15) is 8.42 Å². The zero-order valence-corrected chi connectivity index (χ0v) is 14.8. The highest BCUT2D eigenvalue weighted by Crippen LogP contribution is 2.25. The van der Waals surface area contributed by atoms with Gasteiger partial charge in [0.05, 0.1) is 50.1 Å². The second-order valence-electron chi connectivity index (χ2n) is 6.25. The van der Waals surface area contributed by atoms with Crippen molar-refractivity contribution in [2.45, 2.75) is 11.3 Å². The van der Waals surface area contributed by atoms with Gasteiger partial charge >= 0.3 is 0 Å². The predicted octanol–water partition coefficient (Wildman–Crippen LogP) is -0.128. The lowest BCUT2D eigenvalue weighted by Gasteiger charge is -2.29. The van der Waals surface area contributed by atoms with E-state index < -0.39 is 16.4 Å². The Balaban J connectivity index is 2.74. The molecule has 23 heavy (non-hydrogen) atoms. The van der Waals surface area contributed by atoms with Gasteiger partial charge in [-0.2, -0.15) is 0 Å². The fourth-order valence-electron chi connectivity index (χ4n) is 2.36. The number of hydrogen-bond acceptors (Lipinski definition) is 6. The summed E-state index contributed by atoms with van der Waals surface area (Å²) in [7, 11) is 0.686. The van der Waals surface area contributed by atoms with E-state index in [0.29, 0.717) is 24.5 Å². The molecule has 0 atom stereocenters. The van der Waals surface area contributed by atoms with Gasteiger partial charge in [-0.05, 0) is 18.2 Å². The zero-order valence-electron chi connectivity index (χ0n) is 14.0. The third kappa shape index (κ3) is 6.34. The van der Waals surface area contributed by atoms with Crippen molar-refractivity contribution >= 4 is 21.2 Å². The quantitative estimate of drug-likeness (QED) is 0.266. The largest absolute Gasteiger partial charge is 0.399 e. The van der Waals surface area contributed by atoms with Crippen LogP contribution in [0, 0.1) is 0 Å². The summed E-state index contributed by atoms with van der Waals surface area (Å²) in [5.41, 5.74) is 12.2. The number of nitrogens with zero attached hydrogens (tertiary/aromatic N) is 1. The van der Waals surface area contributed by atoms with Gasteiger partial charge in [0.25, 0.3) is 0 Å². The van der Waals surface area contributed by atoms with Gasteiger partial charge < -0.3 is 26.4 Å². The van der Waals surface area contributed by atoms with Crippen LogP contribution >= 0.6 is 0 Å². The number of aliphatic hydroxyl groups is 1. The van der Waals surface area contributed by atoms with Crippen LogP contribution in [0.25, 0.3) is 0 Å². The normalized spacial score (nSPS) is 12.3. The molecule has 0 aliphatic rings. The number of nitrogen functional groups attached to an aromatic ring is 1. The smallest absolute Gasteiger partial charge is 0.182 e. The minimum Gasteiger partial charge on any atom is -0.399 e. The van der Waals surface area contributed by atoms with Crippen molar-refractivity contribution in [2.75, 3.05) is 63.7 Å². The number of anilines is 2. The Bertz CT molecular complexity index is 603. The van der Waals surface area contributed by atoms with Crippen molar-refractivity contribution < 1.29 is 18.0 Å². The average Bonchev–Trinajstić information content (AvgIpc) is 2.44. The minimum atomic E-state index is -3.55. The summed E-state index contributed by atoms with van der Waals surface area (Å²) in [6.45, 7) is 2.72. The minimum absolute atomic E-state index is 0.141. The lowest BCUT2D eigenvalue weighted by Crippen LogP contribution is -2.44. The molecule has 7 nitrogen and oxygen atoms in total. The molecule has 0 unspecified atom stereocenters. The van der Waals surface area contributed by atoms with Gasteiger partial charge in [-0.25, -0.2) is 8.42 Å². The van der Waals surface area contributed by atoms with Gasteiger partial charge in [0.15, 0.2) is 9.84 Å². The van der Waals surface area contributed by atoms with Crippen LogP contribution in [-0.4, -0.2) is 70.6 Å². The standard InChI is InChI=1S/C15H29N4O3S/c1-19(2,9-6-16)8-3-7-18-14-5-4-13(17)12-15(14)23(21,22)11-10-20/h4-5,12,18,20H,3,6-11,16-17H2,1-2H3/q+1. The summed E-state index contributed by atoms with van der Waals surface area (Å²) in [4.78, 5) is 0.141. The first-order valence-electron chi connectivity index (χ1n) is 7.71. The molecule has 0 heterocycles. The van der Waals surface area contributed by atoms with E-state index in [2.05, 4.69) is 19.4 Å². The molecule has 0 aliphatic carbocycles. The van der Waals surface area contributed by atoms with E-state index in [1.54, 1.807) is 12.1 Å². The van der Waals surface area contributed by atoms with Gasteiger partial charge in [-0.1, -0.05) is 0 Å². The van der Waals surface area contributed by atoms with E-state index in [-0.39, 0.29) is 10.6 Å². The number of benzene rings is 1. The number of sulfone groups is 1. The number of nitrogens with two attached hydrogens (primary N) is 2. The van der Waals surface area contributed by atoms with Crippen LogP contribution in [0.2, 0.25) is 0 Å². The van der Waals surface area contributed by atoms with Crippen LogP contribution in [0.4, 0.5) is 11.4 Å². The maximum atomic E-state index is 12.2. The van der Waals surface area contributed by atoms with E-state index in [0.717, 1.165) is 24.0 Å². The second-order valence-corrected chi connectivity index (χ2v) is 8.33. The monoisotopic (exact) mass is 345 g/mol. The van der Waals surface area contributed by atoms with Crippen molar-refractivity contribution in [3.63, 3.8) is 0 Å². The molecule has 0 spiro atoms. The van der Waals surface area contributed by atoms with Crippen LogP contribution in [0.3, 0.4) is 0 Å². The first-order valence-corrected chi connectivity index (χ1v) is 9.36. The molecule has 132 valence electrons. The van der Waals surface area contributed by atoms with E-state index in [1.807, 2.05) is 0 Å². The van der Waals surface area contributed by atoms with Crippen molar-refractivity contribution in [1.82, 2.24) is 0 Å². The number of rotatable bonds is 10. The van der Waals surface area contributed by atoms with Gasteiger partial charge in [0, 0.05) is 25.2 Å². The molecule has 0 bridgehead atoms. The fourth-order valence-corrected chi connectivity index (χ4v) is 3.62. The molecule has 0 amide bonds. The number of hydrogen-bond donors (Lipinski definition) is 4. The molecule has 0 saturated heterocycles. The molecule has 1 rings (SSSR count). The second kappa shape index (κ2) is 8.49. The average molecular weight is 345 g/mol. The molecule has 1 aromatic carbocycles. The van der Waals surface area contributed by atoms with E-state index >= 15 is 0 Å². The lowest BCUT2D eigenvalue weighted by atomic mass is 10.2. The highest BCUT2D eigenvalue weighted by atomic mass is 32.2. The van der Waals surface area contributed by atoms with Crippen LogP contribution in [0.5, 0.6) is 0 Å². The highest BCUT2D eigenvalue weighted by molar-refractivity contribution is 7.91. The van der Waals surface area contributed by atoms with Gasteiger partial charge in [0.2, 0.25) is 0 Å². The highest BCUT2D eigenvalue weighted by Gasteiger charge is 2.19. The van der Waals surface area contributed by atoms with Crippen molar-refractivity contribution in [2.24, 2.45) is 5.73 Å². The lowest BCUT2D eigenvalue weighted by molar-refractivity contribution is -0.888. The number of likely N-dealkylation sites (N-methyl/N-ethyl adjacent to an activating group) is 1. The van der Waals surface area contributed by atoms with Crippen LogP contribution in [-0.2, 0) is 9.84 Å². The first-order chi connectivity index (χ1) is 10.7. The summed E-state index contributed by atoms with van der Waals surface area (Å²) in [5.74, 6) is -0.314.